The number of aromatic carboxylic acids is 1. The molecule has 0 aliphatic heterocycles. The van der Waals surface area contributed by atoms with Crippen molar-refractivity contribution in [2.45, 2.75) is 6.92 Å². The highest BCUT2D eigenvalue weighted by Gasteiger charge is 2.11. The molecular weight excluding hydrogens is 236 g/mol. The van der Waals surface area contributed by atoms with Gasteiger partial charge in [0.05, 0.1) is 11.3 Å². The Balaban J connectivity index is 2.48. The van der Waals surface area contributed by atoms with Gasteiger partial charge in [0, 0.05) is 11.8 Å². The van der Waals surface area contributed by atoms with E-state index in [0.29, 0.717) is 11.3 Å². The number of phenols is 2. The third-order valence-electron chi connectivity index (χ3n) is 2.44. The van der Waals surface area contributed by atoms with Crippen molar-refractivity contribution in [3.05, 3.63) is 35.7 Å². The minimum absolute atomic E-state index is 0.0294. The van der Waals surface area contributed by atoms with Gasteiger partial charge in [0.2, 0.25) is 0 Å². The van der Waals surface area contributed by atoms with Crippen LogP contribution >= 0.6 is 0 Å². The summed E-state index contributed by atoms with van der Waals surface area (Å²) in [6.07, 6.45) is 1.21. The second-order valence-corrected chi connectivity index (χ2v) is 3.70. The van der Waals surface area contributed by atoms with Gasteiger partial charge in [0.1, 0.15) is 0 Å². The number of aryl methyl sites for hydroxylation is 1. The Labute approximate surface area is 102 Å². The number of carbonyl (C=O) groups is 1. The number of aromatic nitrogens is 2. The van der Waals surface area contributed by atoms with E-state index in [-0.39, 0.29) is 22.9 Å². The van der Waals surface area contributed by atoms with Gasteiger partial charge >= 0.3 is 5.97 Å². The molecule has 92 valence electrons. The molecule has 0 radical (unpaired) electrons. The summed E-state index contributed by atoms with van der Waals surface area (Å²) in [6.45, 7) is 1.56. The lowest BCUT2D eigenvalue weighted by Crippen LogP contribution is -2.04. The van der Waals surface area contributed by atoms with Crippen LogP contribution in [0.3, 0.4) is 0 Å². The summed E-state index contributed by atoms with van der Waals surface area (Å²) in [4.78, 5) is 18.8. The number of phenolic OH excluding ortho intramolecular Hbond substituents is 2. The Bertz CT molecular complexity index is 625. The topological polar surface area (TPSA) is 104 Å². The van der Waals surface area contributed by atoms with E-state index in [9.17, 15) is 15.0 Å². The van der Waals surface area contributed by atoms with Crippen LogP contribution in [0.1, 0.15) is 16.1 Å². The lowest BCUT2D eigenvalue weighted by Gasteiger charge is -2.05. The van der Waals surface area contributed by atoms with Crippen LogP contribution in [0, 0.1) is 6.92 Å². The van der Waals surface area contributed by atoms with E-state index < -0.39 is 5.97 Å². The molecule has 0 aliphatic rings. The fourth-order valence-corrected chi connectivity index (χ4v) is 1.48. The second-order valence-electron chi connectivity index (χ2n) is 3.70. The number of aromatic hydroxyl groups is 2. The van der Waals surface area contributed by atoms with E-state index >= 15 is 0 Å². The first kappa shape index (κ1) is 11.8. The molecule has 1 aromatic carbocycles. The first-order valence-corrected chi connectivity index (χ1v) is 5.08. The summed E-state index contributed by atoms with van der Waals surface area (Å²) in [5.41, 5.74) is 0.854. The summed E-state index contributed by atoms with van der Waals surface area (Å²) < 4.78 is 0. The molecule has 3 N–H and O–H groups in total. The van der Waals surface area contributed by atoms with Crippen molar-refractivity contribution in [1.29, 1.82) is 0 Å². The summed E-state index contributed by atoms with van der Waals surface area (Å²) in [5.74, 6) is -1.32. The van der Waals surface area contributed by atoms with Gasteiger partial charge in [-0.15, -0.1) is 0 Å². The van der Waals surface area contributed by atoms with Crippen molar-refractivity contribution in [1.82, 2.24) is 9.97 Å². The van der Waals surface area contributed by atoms with Gasteiger partial charge in [0.15, 0.2) is 17.3 Å². The zero-order valence-electron chi connectivity index (χ0n) is 9.45. The first-order chi connectivity index (χ1) is 8.49. The van der Waals surface area contributed by atoms with Crippen molar-refractivity contribution in [3.63, 3.8) is 0 Å². The summed E-state index contributed by atoms with van der Waals surface area (Å²) in [6, 6.07) is 4.16. The van der Waals surface area contributed by atoms with Crippen LogP contribution in [0.5, 0.6) is 11.5 Å². The minimum atomic E-state index is -1.09. The molecule has 0 spiro atoms. The van der Waals surface area contributed by atoms with E-state index in [1.165, 1.54) is 24.4 Å². The van der Waals surface area contributed by atoms with Gasteiger partial charge in [0.25, 0.3) is 0 Å². The Kier molecular flexibility index (Phi) is 2.85. The molecule has 1 heterocycles. The third kappa shape index (κ3) is 2.08. The number of rotatable bonds is 2. The van der Waals surface area contributed by atoms with E-state index in [1.54, 1.807) is 6.92 Å². The van der Waals surface area contributed by atoms with Crippen LogP contribution in [-0.2, 0) is 0 Å². The first-order valence-electron chi connectivity index (χ1n) is 5.08. The molecule has 6 heteroatoms. The van der Waals surface area contributed by atoms with E-state index in [2.05, 4.69) is 9.97 Å². The molecule has 0 bridgehead atoms. The van der Waals surface area contributed by atoms with Crippen LogP contribution in [0.2, 0.25) is 0 Å². The van der Waals surface area contributed by atoms with Crippen LogP contribution < -0.4 is 0 Å². The summed E-state index contributed by atoms with van der Waals surface area (Å²) in [7, 11) is 0. The monoisotopic (exact) mass is 246 g/mol. The van der Waals surface area contributed by atoms with E-state index in [1.807, 2.05) is 0 Å². The van der Waals surface area contributed by atoms with Crippen LogP contribution in [0.15, 0.2) is 24.4 Å². The highest BCUT2D eigenvalue weighted by molar-refractivity contribution is 5.88. The average molecular weight is 246 g/mol. The molecule has 6 nitrogen and oxygen atoms in total. The van der Waals surface area contributed by atoms with Gasteiger partial charge in [-0.1, -0.05) is 0 Å². The Morgan fingerprint density at radius 3 is 2.50 bits per heavy atom. The predicted molar refractivity (Wildman–Crippen MR) is 62.5 cm³/mol. The van der Waals surface area contributed by atoms with Crippen LogP contribution in [-0.4, -0.2) is 31.3 Å². The second kappa shape index (κ2) is 4.33. The van der Waals surface area contributed by atoms with Gasteiger partial charge in [-0.05, 0) is 25.1 Å². The summed E-state index contributed by atoms with van der Waals surface area (Å²) in [5, 5.41) is 27.4. The van der Waals surface area contributed by atoms with Crippen LogP contribution in [0.4, 0.5) is 0 Å². The normalized spacial score (nSPS) is 10.3. The Morgan fingerprint density at radius 1 is 1.22 bits per heavy atom. The Morgan fingerprint density at radius 2 is 1.94 bits per heavy atom. The number of carboxylic acids is 1. The summed E-state index contributed by atoms with van der Waals surface area (Å²) >= 11 is 0. The third-order valence-corrected chi connectivity index (χ3v) is 2.44. The number of nitrogens with zero attached hydrogens (tertiary/aromatic N) is 2. The molecule has 1 aromatic heterocycles. The average Bonchev–Trinajstić information content (AvgIpc) is 2.32. The maximum atomic E-state index is 10.8. The largest absolute Gasteiger partial charge is 0.504 e. The van der Waals surface area contributed by atoms with Crippen molar-refractivity contribution >= 4 is 5.97 Å². The molecular formula is C12H10N2O4. The zero-order valence-corrected chi connectivity index (χ0v) is 9.45. The van der Waals surface area contributed by atoms with Crippen molar-refractivity contribution in [2.75, 3.05) is 0 Å². The predicted octanol–water partition coefficient (Wildman–Crippen LogP) is 1.56. The lowest BCUT2D eigenvalue weighted by molar-refractivity contribution is 0.0695. The lowest BCUT2D eigenvalue weighted by atomic mass is 10.1. The number of carboxylic acid groups (broad SMARTS) is 1. The smallest absolute Gasteiger partial charge is 0.339 e. The molecule has 0 atom stereocenters. The van der Waals surface area contributed by atoms with Crippen molar-refractivity contribution in [3.8, 4) is 22.9 Å². The molecule has 0 saturated heterocycles. The number of benzene rings is 1. The van der Waals surface area contributed by atoms with Crippen molar-refractivity contribution in [2.24, 2.45) is 0 Å². The van der Waals surface area contributed by atoms with E-state index in [4.69, 9.17) is 5.11 Å². The molecule has 0 amide bonds. The van der Waals surface area contributed by atoms with Gasteiger partial charge in [-0.2, -0.15) is 0 Å². The van der Waals surface area contributed by atoms with Crippen LogP contribution in [0.25, 0.3) is 11.4 Å². The molecule has 0 fully saturated rings. The quantitative estimate of drug-likeness (QED) is 0.695. The molecule has 2 aromatic rings. The molecule has 0 aliphatic carbocycles. The van der Waals surface area contributed by atoms with Gasteiger partial charge in [-0.25, -0.2) is 14.8 Å². The zero-order chi connectivity index (χ0) is 13.3. The SMILES string of the molecule is Cc1nc(-c2ccc(O)c(O)c2)ncc1C(=O)O. The number of hydrogen-bond acceptors (Lipinski definition) is 5. The van der Waals surface area contributed by atoms with Crippen molar-refractivity contribution < 1.29 is 20.1 Å². The highest BCUT2D eigenvalue weighted by Crippen LogP contribution is 2.29. The maximum absolute atomic E-state index is 10.8. The molecule has 0 saturated carbocycles. The maximum Gasteiger partial charge on any atom is 0.339 e. The Hall–Kier alpha value is -2.63. The fourth-order valence-electron chi connectivity index (χ4n) is 1.48. The molecule has 0 unspecified atom stereocenters. The number of hydrogen-bond donors (Lipinski definition) is 3. The minimum Gasteiger partial charge on any atom is -0.504 e. The standard InChI is InChI=1S/C12H10N2O4/c1-6-8(12(17)18)5-13-11(14-6)7-2-3-9(15)10(16)4-7/h2-5,15-16H,1H3,(H,17,18). The van der Waals surface area contributed by atoms with Gasteiger partial charge in [-0.3, -0.25) is 0 Å². The fraction of sp³-hybridized carbons (Fsp3) is 0.0833. The molecule has 18 heavy (non-hydrogen) atoms. The highest BCUT2D eigenvalue weighted by atomic mass is 16.4. The van der Waals surface area contributed by atoms with Gasteiger partial charge < -0.3 is 15.3 Å². The molecule has 2 rings (SSSR count). The van der Waals surface area contributed by atoms with E-state index in [0.717, 1.165) is 0 Å².